The van der Waals surface area contributed by atoms with E-state index in [0.29, 0.717) is 11.8 Å². The quantitative estimate of drug-likeness (QED) is 0.847. The van der Waals surface area contributed by atoms with Gasteiger partial charge in [0.1, 0.15) is 5.75 Å². The Hall–Kier alpha value is -2.03. The predicted molar refractivity (Wildman–Crippen MR) is 71.8 cm³/mol. The van der Waals surface area contributed by atoms with Crippen molar-refractivity contribution in [3.63, 3.8) is 0 Å². The van der Waals surface area contributed by atoms with E-state index in [1.54, 1.807) is 12.3 Å². The molecule has 0 spiro atoms. The van der Waals surface area contributed by atoms with Gasteiger partial charge in [0, 0.05) is 6.20 Å². The summed E-state index contributed by atoms with van der Waals surface area (Å²) < 4.78 is 0. The normalized spacial score (nSPS) is 17.5. The van der Waals surface area contributed by atoms with Gasteiger partial charge in [-0.05, 0) is 55.2 Å². The van der Waals surface area contributed by atoms with Crippen LogP contribution in [0.1, 0.15) is 29.3 Å². The third-order valence-corrected chi connectivity index (χ3v) is 3.54. The minimum atomic E-state index is 0.323. The number of anilines is 1. The molecule has 0 saturated heterocycles. The van der Waals surface area contributed by atoms with Crippen molar-refractivity contribution in [2.24, 2.45) is 0 Å². The van der Waals surface area contributed by atoms with Crippen LogP contribution < -0.4 is 5.32 Å². The molecule has 1 aliphatic rings. The van der Waals surface area contributed by atoms with Gasteiger partial charge in [-0.1, -0.05) is 6.07 Å². The number of benzene rings is 1. The van der Waals surface area contributed by atoms with E-state index in [1.807, 2.05) is 25.1 Å². The molecule has 18 heavy (non-hydrogen) atoms. The zero-order chi connectivity index (χ0) is 12.5. The van der Waals surface area contributed by atoms with Gasteiger partial charge in [0.2, 0.25) is 0 Å². The number of nitrogens with one attached hydrogen (secondary N) is 1. The number of aromatic nitrogens is 1. The fourth-order valence-electron chi connectivity index (χ4n) is 2.58. The van der Waals surface area contributed by atoms with Crippen LogP contribution in [0.2, 0.25) is 0 Å². The van der Waals surface area contributed by atoms with E-state index in [-0.39, 0.29) is 0 Å². The molecule has 1 aromatic heterocycles. The molecule has 1 aromatic carbocycles. The molecule has 3 nitrogen and oxygen atoms in total. The second-order valence-electron chi connectivity index (χ2n) is 4.76. The molecule has 3 heteroatoms. The zero-order valence-electron chi connectivity index (χ0n) is 10.4. The first-order chi connectivity index (χ1) is 8.74. The van der Waals surface area contributed by atoms with Crippen molar-refractivity contribution in [2.45, 2.75) is 25.8 Å². The summed E-state index contributed by atoms with van der Waals surface area (Å²) in [5.41, 5.74) is 4.64. The number of phenolic OH excluding ortho intramolecular Hbond substituents is 1. The molecule has 1 heterocycles. The minimum Gasteiger partial charge on any atom is -0.508 e. The van der Waals surface area contributed by atoms with Crippen LogP contribution >= 0.6 is 0 Å². The standard InChI is InChI=1S/C15H16N2O/c1-10-14(3-2-8-16-10)17-15-7-4-11-9-12(18)5-6-13(11)15/h2-3,5-6,8-9,15,17-18H,4,7H2,1H3. The lowest BCUT2D eigenvalue weighted by Crippen LogP contribution is -2.08. The largest absolute Gasteiger partial charge is 0.508 e. The summed E-state index contributed by atoms with van der Waals surface area (Å²) in [4.78, 5) is 4.29. The van der Waals surface area contributed by atoms with E-state index in [9.17, 15) is 5.11 Å². The lowest BCUT2D eigenvalue weighted by atomic mass is 10.1. The first-order valence-electron chi connectivity index (χ1n) is 6.24. The van der Waals surface area contributed by atoms with Crippen LogP contribution in [0.4, 0.5) is 5.69 Å². The average Bonchev–Trinajstić information content (AvgIpc) is 2.74. The first-order valence-corrected chi connectivity index (χ1v) is 6.24. The van der Waals surface area contributed by atoms with Crippen LogP contribution in [-0.4, -0.2) is 10.1 Å². The summed E-state index contributed by atoms with van der Waals surface area (Å²) in [5.74, 6) is 0.354. The summed E-state index contributed by atoms with van der Waals surface area (Å²) in [6.45, 7) is 2.01. The minimum absolute atomic E-state index is 0.323. The van der Waals surface area contributed by atoms with Gasteiger partial charge in [0.05, 0.1) is 17.4 Å². The van der Waals surface area contributed by atoms with Crippen LogP contribution in [0.5, 0.6) is 5.75 Å². The molecule has 0 saturated carbocycles. The van der Waals surface area contributed by atoms with Gasteiger partial charge in [-0.15, -0.1) is 0 Å². The highest BCUT2D eigenvalue weighted by Crippen LogP contribution is 2.35. The van der Waals surface area contributed by atoms with Gasteiger partial charge in [0.15, 0.2) is 0 Å². The summed E-state index contributed by atoms with van der Waals surface area (Å²) >= 11 is 0. The number of aryl methyl sites for hydroxylation is 2. The van der Waals surface area contributed by atoms with Crippen LogP contribution in [-0.2, 0) is 6.42 Å². The molecule has 2 N–H and O–H groups in total. The summed E-state index contributed by atoms with van der Waals surface area (Å²) in [6.07, 6.45) is 3.88. The number of hydrogen-bond donors (Lipinski definition) is 2. The van der Waals surface area contributed by atoms with Gasteiger partial charge in [-0.2, -0.15) is 0 Å². The number of rotatable bonds is 2. The van der Waals surface area contributed by atoms with Crippen LogP contribution in [0.3, 0.4) is 0 Å². The molecule has 1 unspecified atom stereocenters. The van der Waals surface area contributed by atoms with Crippen molar-refractivity contribution in [1.29, 1.82) is 0 Å². The van der Waals surface area contributed by atoms with Crippen LogP contribution in [0, 0.1) is 6.92 Å². The number of nitrogens with zero attached hydrogens (tertiary/aromatic N) is 1. The number of pyridine rings is 1. The Balaban J connectivity index is 1.87. The third kappa shape index (κ3) is 1.92. The van der Waals surface area contributed by atoms with Gasteiger partial charge >= 0.3 is 0 Å². The topological polar surface area (TPSA) is 45.2 Å². The van der Waals surface area contributed by atoms with Crippen molar-refractivity contribution in [1.82, 2.24) is 4.98 Å². The highest BCUT2D eigenvalue weighted by atomic mass is 16.3. The third-order valence-electron chi connectivity index (χ3n) is 3.54. The lowest BCUT2D eigenvalue weighted by Gasteiger charge is -2.16. The highest BCUT2D eigenvalue weighted by Gasteiger charge is 2.22. The Bertz CT molecular complexity index is 580. The van der Waals surface area contributed by atoms with Crippen molar-refractivity contribution in [2.75, 3.05) is 5.32 Å². The van der Waals surface area contributed by atoms with Crippen LogP contribution in [0.15, 0.2) is 36.5 Å². The summed E-state index contributed by atoms with van der Waals surface area (Å²) in [7, 11) is 0. The molecule has 1 aliphatic carbocycles. The lowest BCUT2D eigenvalue weighted by molar-refractivity contribution is 0.474. The Kier molecular flexibility index (Phi) is 2.67. The van der Waals surface area contributed by atoms with E-state index < -0.39 is 0 Å². The number of phenols is 1. The van der Waals surface area contributed by atoms with Crippen LogP contribution in [0.25, 0.3) is 0 Å². The van der Waals surface area contributed by atoms with Crippen molar-refractivity contribution < 1.29 is 5.11 Å². The second-order valence-corrected chi connectivity index (χ2v) is 4.76. The van der Waals surface area contributed by atoms with Gasteiger partial charge in [-0.25, -0.2) is 0 Å². The Labute approximate surface area is 107 Å². The van der Waals surface area contributed by atoms with Crippen molar-refractivity contribution in [3.8, 4) is 5.75 Å². The molecule has 0 amide bonds. The average molecular weight is 240 g/mol. The fourth-order valence-corrected chi connectivity index (χ4v) is 2.58. The first kappa shape index (κ1) is 11.1. The fraction of sp³-hybridized carbons (Fsp3) is 0.267. The molecular weight excluding hydrogens is 224 g/mol. The highest BCUT2D eigenvalue weighted by molar-refractivity contribution is 5.51. The summed E-state index contributed by atoms with van der Waals surface area (Å²) in [5, 5.41) is 13.0. The predicted octanol–water partition coefficient (Wildman–Crippen LogP) is 3.20. The Morgan fingerprint density at radius 3 is 3.06 bits per heavy atom. The number of hydrogen-bond acceptors (Lipinski definition) is 3. The van der Waals surface area contributed by atoms with E-state index in [4.69, 9.17) is 0 Å². The van der Waals surface area contributed by atoms with E-state index in [0.717, 1.165) is 24.2 Å². The maximum Gasteiger partial charge on any atom is 0.115 e. The molecular formula is C15H16N2O. The number of aromatic hydroxyl groups is 1. The zero-order valence-corrected chi connectivity index (χ0v) is 10.4. The second kappa shape index (κ2) is 4.33. The molecule has 0 radical (unpaired) electrons. The molecule has 1 atom stereocenters. The molecule has 0 aliphatic heterocycles. The van der Waals surface area contributed by atoms with Gasteiger partial charge in [-0.3, -0.25) is 4.98 Å². The molecule has 92 valence electrons. The monoisotopic (exact) mass is 240 g/mol. The van der Waals surface area contributed by atoms with E-state index in [2.05, 4.69) is 16.4 Å². The van der Waals surface area contributed by atoms with E-state index >= 15 is 0 Å². The maximum atomic E-state index is 9.49. The maximum absolute atomic E-state index is 9.49. The SMILES string of the molecule is Cc1ncccc1NC1CCc2cc(O)ccc21. The Morgan fingerprint density at radius 2 is 2.22 bits per heavy atom. The molecule has 2 aromatic rings. The van der Waals surface area contributed by atoms with Crippen molar-refractivity contribution >= 4 is 5.69 Å². The number of fused-ring (bicyclic) bond motifs is 1. The van der Waals surface area contributed by atoms with Crippen molar-refractivity contribution in [3.05, 3.63) is 53.3 Å². The van der Waals surface area contributed by atoms with Gasteiger partial charge < -0.3 is 10.4 Å². The molecule has 3 rings (SSSR count). The molecule has 0 bridgehead atoms. The summed E-state index contributed by atoms with van der Waals surface area (Å²) in [6, 6.07) is 9.97. The smallest absolute Gasteiger partial charge is 0.115 e. The van der Waals surface area contributed by atoms with Gasteiger partial charge in [0.25, 0.3) is 0 Å². The van der Waals surface area contributed by atoms with E-state index in [1.165, 1.54) is 11.1 Å². The molecule has 0 fully saturated rings. The Morgan fingerprint density at radius 1 is 1.33 bits per heavy atom.